The Kier molecular flexibility index (Phi) is 2.71. The summed E-state index contributed by atoms with van der Waals surface area (Å²) in [6, 6.07) is 1.91. The van der Waals surface area contributed by atoms with Crippen LogP contribution in [-0.4, -0.2) is 27.1 Å². The lowest BCUT2D eigenvalue weighted by Crippen LogP contribution is -2.46. The summed E-state index contributed by atoms with van der Waals surface area (Å²) in [4.78, 5) is 0. The van der Waals surface area contributed by atoms with Crippen LogP contribution in [0.15, 0.2) is 12.3 Å². The van der Waals surface area contributed by atoms with Crippen molar-refractivity contribution in [1.82, 2.24) is 9.78 Å². The zero-order valence-corrected chi connectivity index (χ0v) is 10.3. The van der Waals surface area contributed by atoms with Crippen molar-refractivity contribution in [3.8, 4) is 0 Å². The molecule has 0 aromatic carbocycles. The van der Waals surface area contributed by atoms with Crippen LogP contribution in [0.25, 0.3) is 0 Å². The number of hydrogen-bond donors (Lipinski definition) is 1. The Balaban J connectivity index is 1.71. The van der Waals surface area contributed by atoms with Crippen LogP contribution >= 0.6 is 0 Å². The summed E-state index contributed by atoms with van der Waals surface area (Å²) in [5, 5.41) is 14.7. The summed E-state index contributed by atoms with van der Waals surface area (Å²) >= 11 is 0. The fourth-order valence-electron chi connectivity index (χ4n) is 3.09. The lowest BCUT2D eigenvalue weighted by molar-refractivity contribution is -0.157. The number of ether oxygens (including phenoxy) is 1. The summed E-state index contributed by atoms with van der Waals surface area (Å²) in [5.74, 6) is 0.305. The molecule has 1 spiro atoms. The quantitative estimate of drug-likeness (QED) is 0.851. The van der Waals surface area contributed by atoms with E-state index in [-0.39, 0.29) is 5.60 Å². The van der Waals surface area contributed by atoms with Gasteiger partial charge in [0.15, 0.2) is 0 Å². The number of aliphatic hydroxyl groups is 1. The molecule has 1 aromatic rings. The minimum absolute atomic E-state index is 0.0959. The van der Waals surface area contributed by atoms with Crippen molar-refractivity contribution >= 4 is 0 Å². The molecule has 1 N–H and O–H groups in total. The zero-order chi connectivity index (χ0) is 11.9. The molecule has 2 fully saturated rings. The third kappa shape index (κ3) is 2.00. The number of aliphatic hydroxyl groups excluding tert-OH is 1. The van der Waals surface area contributed by atoms with Gasteiger partial charge in [0.05, 0.1) is 11.3 Å². The van der Waals surface area contributed by atoms with Gasteiger partial charge in [0.2, 0.25) is 0 Å². The van der Waals surface area contributed by atoms with Crippen molar-refractivity contribution < 1.29 is 9.84 Å². The SMILES string of the molecule is Cn1ccc(C(O)C2CCOC3(CCC3)C2)n1. The first kappa shape index (κ1) is 11.2. The van der Waals surface area contributed by atoms with Crippen molar-refractivity contribution in [3.05, 3.63) is 18.0 Å². The van der Waals surface area contributed by atoms with Crippen molar-refractivity contribution in [2.75, 3.05) is 6.61 Å². The molecule has 0 radical (unpaired) electrons. The van der Waals surface area contributed by atoms with E-state index in [1.165, 1.54) is 19.3 Å². The minimum atomic E-state index is -0.433. The maximum Gasteiger partial charge on any atom is 0.101 e. The second-order valence-corrected chi connectivity index (χ2v) is 5.50. The van der Waals surface area contributed by atoms with E-state index in [1.807, 2.05) is 19.3 Å². The molecule has 1 aromatic heterocycles. The zero-order valence-electron chi connectivity index (χ0n) is 10.3. The van der Waals surface area contributed by atoms with Crippen LogP contribution in [0, 0.1) is 5.92 Å². The first-order valence-corrected chi connectivity index (χ1v) is 6.50. The summed E-state index contributed by atoms with van der Waals surface area (Å²) < 4.78 is 7.63. The number of hydrogen-bond acceptors (Lipinski definition) is 3. The Morgan fingerprint density at radius 1 is 1.59 bits per heavy atom. The van der Waals surface area contributed by atoms with E-state index in [0.29, 0.717) is 5.92 Å². The van der Waals surface area contributed by atoms with Crippen molar-refractivity contribution in [2.24, 2.45) is 13.0 Å². The highest BCUT2D eigenvalue weighted by molar-refractivity contribution is 5.06. The Bertz CT molecular complexity index is 398. The normalized spacial score (nSPS) is 28.9. The second-order valence-electron chi connectivity index (χ2n) is 5.50. The van der Waals surface area contributed by atoms with Gasteiger partial charge in [-0.3, -0.25) is 4.68 Å². The van der Waals surface area contributed by atoms with E-state index >= 15 is 0 Å². The molecule has 0 bridgehead atoms. The van der Waals surface area contributed by atoms with Gasteiger partial charge in [-0.1, -0.05) is 0 Å². The van der Waals surface area contributed by atoms with Crippen molar-refractivity contribution in [1.29, 1.82) is 0 Å². The van der Waals surface area contributed by atoms with Crippen LogP contribution < -0.4 is 0 Å². The van der Waals surface area contributed by atoms with Gasteiger partial charge in [0, 0.05) is 19.9 Å². The molecule has 3 rings (SSSR count). The van der Waals surface area contributed by atoms with Gasteiger partial charge in [-0.25, -0.2) is 0 Å². The summed E-state index contributed by atoms with van der Waals surface area (Å²) in [6.45, 7) is 0.786. The monoisotopic (exact) mass is 236 g/mol. The lowest BCUT2D eigenvalue weighted by Gasteiger charge is -2.48. The maximum atomic E-state index is 10.4. The van der Waals surface area contributed by atoms with Crippen molar-refractivity contribution in [2.45, 2.75) is 43.8 Å². The third-order valence-electron chi connectivity index (χ3n) is 4.28. The van der Waals surface area contributed by atoms with Gasteiger partial charge in [0.25, 0.3) is 0 Å². The molecule has 4 heteroatoms. The average Bonchev–Trinajstić information content (AvgIpc) is 2.73. The van der Waals surface area contributed by atoms with E-state index in [1.54, 1.807) is 4.68 Å². The van der Waals surface area contributed by atoms with Gasteiger partial charge < -0.3 is 9.84 Å². The second kappa shape index (κ2) is 4.10. The van der Waals surface area contributed by atoms with E-state index in [9.17, 15) is 5.11 Å². The van der Waals surface area contributed by atoms with Crippen LogP contribution in [0.5, 0.6) is 0 Å². The molecule has 94 valence electrons. The molecular weight excluding hydrogens is 216 g/mol. The van der Waals surface area contributed by atoms with E-state index in [2.05, 4.69) is 5.10 Å². The number of rotatable bonds is 2. The van der Waals surface area contributed by atoms with Gasteiger partial charge in [-0.2, -0.15) is 5.10 Å². The molecule has 1 aliphatic carbocycles. The van der Waals surface area contributed by atoms with Crippen LogP contribution in [0.3, 0.4) is 0 Å². The Hall–Kier alpha value is -0.870. The smallest absolute Gasteiger partial charge is 0.101 e. The van der Waals surface area contributed by atoms with Crippen molar-refractivity contribution in [3.63, 3.8) is 0 Å². The molecule has 2 aliphatic rings. The van der Waals surface area contributed by atoms with Gasteiger partial charge in [-0.15, -0.1) is 0 Å². The summed E-state index contributed by atoms with van der Waals surface area (Å²) in [6.07, 6.45) is 6.99. The van der Waals surface area contributed by atoms with Crippen LogP contribution in [0.1, 0.15) is 43.9 Å². The van der Waals surface area contributed by atoms with Gasteiger partial charge >= 0.3 is 0 Å². The number of aromatic nitrogens is 2. The molecule has 2 unspecified atom stereocenters. The van der Waals surface area contributed by atoms with Crippen LogP contribution in [0.4, 0.5) is 0 Å². The average molecular weight is 236 g/mol. The molecular formula is C13H20N2O2. The lowest BCUT2D eigenvalue weighted by atomic mass is 9.70. The standard InChI is InChI=1S/C13H20N2O2/c1-15-7-3-11(14-15)12(16)10-4-8-17-13(9-10)5-2-6-13/h3,7,10,12,16H,2,4-6,8-9H2,1H3. The van der Waals surface area contributed by atoms with Crippen LogP contribution in [-0.2, 0) is 11.8 Å². The first-order valence-electron chi connectivity index (χ1n) is 6.50. The fraction of sp³-hybridized carbons (Fsp3) is 0.769. The molecule has 4 nitrogen and oxygen atoms in total. The third-order valence-corrected chi connectivity index (χ3v) is 4.28. The van der Waals surface area contributed by atoms with E-state index < -0.39 is 6.10 Å². The predicted molar refractivity (Wildman–Crippen MR) is 63.4 cm³/mol. The summed E-state index contributed by atoms with van der Waals surface area (Å²) in [7, 11) is 1.88. The van der Waals surface area contributed by atoms with Crippen LogP contribution in [0.2, 0.25) is 0 Å². The Morgan fingerprint density at radius 3 is 3.00 bits per heavy atom. The Morgan fingerprint density at radius 2 is 2.41 bits per heavy atom. The molecule has 17 heavy (non-hydrogen) atoms. The number of aryl methyl sites for hydroxylation is 1. The summed E-state index contributed by atoms with van der Waals surface area (Å²) in [5.41, 5.74) is 0.896. The fourth-order valence-corrected chi connectivity index (χ4v) is 3.09. The topological polar surface area (TPSA) is 47.3 Å². The van der Waals surface area contributed by atoms with Gasteiger partial charge in [0.1, 0.15) is 6.10 Å². The molecule has 1 aliphatic heterocycles. The van der Waals surface area contributed by atoms with E-state index in [0.717, 1.165) is 25.1 Å². The van der Waals surface area contributed by atoms with Gasteiger partial charge in [-0.05, 0) is 44.1 Å². The minimum Gasteiger partial charge on any atom is -0.386 e. The molecule has 1 saturated heterocycles. The number of nitrogens with zero attached hydrogens (tertiary/aromatic N) is 2. The highest BCUT2D eigenvalue weighted by atomic mass is 16.5. The molecule has 0 amide bonds. The highest BCUT2D eigenvalue weighted by Crippen LogP contribution is 2.46. The molecule has 2 heterocycles. The molecule has 1 saturated carbocycles. The highest BCUT2D eigenvalue weighted by Gasteiger charge is 2.44. The Labute approximate surface area is 102 Å². The van der Waals surface area contributed by atoms with E-state index in [4.69, 9.17) is 4.74 Å². The predicted octanol–water partition coefficient (Wildman–Crippen LogP) is 1.80. The maximum absolute atomic E-state index is 10.4. The molecule has 2 atom stereocenters. The first-order chi connectivity index (χ1) is 8.19. The largest absolute Gasteiger partial charge is 0.386 e.